The standard InChI is InChI=1S/C15H20N2.C13H21N.C8H10.C2H6/c1-3-5-11-17-14(4-2)12-16-15(17)13-9-7-6-8-10-13;1-4-7-12-8-10-13(11-9-12)14(5-2)6-3;1-2-8-6-4-3-5-7-8;1-2/h6-10,12H,3-5,11H2,1-2H3;8-11H,4-7H2,1-3H3;3-7H,2H2,1H3;1-2H3. The van der Waals surface area contributed by atoms with Crippen molar-refractivity contribution in [1.29, 1.82) is 0 Å². The van der Waals surface area contributed by atoms with Gasteiger partial charge in [0, 0.05) is 42.8 Å². The fraction of sp³-hybridized carbons (Fsp3) is 0.447. The van der Waals surface area contributed by atoms with E-state index in [2.05, 4.69) is 129 Å². The SMILES string of the molecule is CC.CCCCn1c(CC)cnc1-c1ccccc1.CCCc1ccc(N(CC)CC)cc1.CCc1ccccc1. The molecule has 41 heavy (non-hydrogen) atoms. The van der Waals surface area contributed by atoms with Crippen molar-refractivity contribution < 1.29 is 0 Å². The van der Waals surface area contributed by atoms with Gasteiger partial charge in [-0.2, -0.15) is 0 Å². The zero-order chi connectivity index (χ0) is 30.3. The second-order valence-corrected chi connectivity index (χ2v) is 9.73. The van der Waals surface area contributed by atoms with E-state index in [0.717, 1.165) is 38.3 Å². The molecule has 0 N–H and O–H groups in total. The van der Waals surface area contributed by atoms with Crippen LogP contribution in [0, 0.1) is 0 Å². The summed E-state index contributed by atoms with van der Waals surface area (Å²) in [5.41, 5.74) is 6.74. The normalized spacial score (nSPS) is 9.85. The van der Waals surface area contributed by atoms with Gasteiger partial charge in [-0.1, -0.05) is 127 Å². The molecule has 0 aliphatic rings. The van der Waals surface area contributed by atoms with Crippen LogP contribution in [0.4, 0.5) is 5.69 Å². The number of aromatic nitrogens is 2. The highest BCUT2D eigenvalue weighted by molar-refractivity contribution is 5.55. The predicted octanol–water partition coefficient (Wildman–Crippen LogP) is 10.7. The Labute approximate surface area is 252 Å². The summed E-state index contributed by atoms with van der Waals surface area (Å²) in [6.07, 6.45) is 9.05. The van der Waals surface area contributed by atoms with E-state index in [1.54, 1.807) is 0 Å². The van der Waals surface area contributed by atoms with Gasteiger partial charge in [0.2, 0.25) is 0 Å². The van der Waals surface area contributed by atoms with E-state index in [4.69, 9.17) is 0 Å². The van der Waals surface area contributed by atoms with Crippen LogP contribution in [0.1, 0.15) is 91.5 Å². The Morgan fingerprint density at radius 2 is 1.22 bits per heavy atom. The van der Waals surface area contributed by atoms with Crippen molar-refractivity contribution in [3.05, 3.63) is 108 Å². The molecule has 0 aliphatic heterocycles. The van der Waals surface area contributed by atoms with Gasteiger partial charge >= 0.3 is 0 Å². The molecule has 0 spiro atoms. The number of hydrogen-bond donors (Lipinski definition) is 0. The summed E-state index contributed by atoms with van der Waals surface area (Å²) in [5, 5.41) is 0. The number of rotatable bonds is 11. The molecule has 4 aromatic rings. The summed E-state index contributed by atoms with van der Waals surface area (Å²) >= 11 is 0. The van der Waals surface area contributed by atoms with Crippen LogP contribution in [0.25, 0.3) is 11.4 Å². The van der Waals surface area contributed by atoms with Gasteiger partial charge in [0.05, 0.1) is 0 Å². The highest BCUT2D eigenvalue weighted by atomic mass is 15.1. The first-order valence-electron chi connectivity index (χ1n) is 16.1. The molecule has 0 atom stereocenters. The van der Waals surface area contributed by atoms with Crippen molar-refractivity contribution >= 4 is 5.69 Å². The quantitative estimate of drug-likeness (QED) is 0.183. The average molecular weight is 556 g/mol. The second-order valence-electron chi connectivity index (χ2n) is 9.73. The van der Waals surface area contributed by atoms with Gasteiger partial charge in [-0.05, 0) is 62.8 Å². The Balaban J connectivity index is 0.000000315. The number of aryl methyl sites for hydroxylation is 3. The van der Waals surface area contributed by atoms with Crippen molar-refractivity contribution in [3.63, 3.8) is 0 Å². The molecule has 0 fully saturated rings. The molecule has 1 aromatic heterocycles. The van der Waals surface area contributed by atoms with Gasteiger partial charge in [-0.25, -0.2) is 4.98 Å². The minimum Gasteiger partial charge on any atom is -0.372 e. The van der Waals surface area contributed by atoms with Crippen molar-refractivity contribution in [1.82, 2.24) is 9.55 Å². The zero-order valence-electron chi connectivity index (χ0n) is 27.4. The lowest BCUT2D eigenvalue weighted by Gasteiger charge is -2.21. The van der Waals surface area contributed by atoms with Crippen LogP contribution < -0.4 is 4.90 Å². The first-order chi connectivity index (χ1) is 20.1. The van der Waals surface area contributed by atoms with Gasteiger partial charge < -0.3 is 9.47 Å². The Hall–Kier alpha value is -3.33. The van der Waals surface area contributed by atoms with Crippen LogP contribution in [0.5, 0.6) is 0 Å². The van der Waals surface area contributed by atoms with Crippen LogP contribution in [0.15, 0.2) is 91.1 Å². The molecule has 0 amide bonds. The second kappa shape index (κ2) is 22.4. The molecule has 4 rings (SSSR count). The molecular weight excluding hydrogens is 498 g/mol. The lowest BCUT2D eigenvalue weighted by molar-refractivity contribution is 0.616. The Kier molecular flexibility index (Phi) is 19.5. The van der Waals surface area contributed by atoms with Gasteiger partial charge in [-0.3, -0.25) is 0 Å². The number of nitrogens with zero attached hydrogens (tertiary/aromatic N) is 3. The Morgan fingerprint density at radius 3 is 1.68 bits per heavy atom. The summed E-state index contributed by atoms with van der Waals surface area (Å²) in [6, 6.07) is 29.9. The van der Waals surface area contributed by atoms with Gasteiger partial charge in [0.1, 0.15) is 5.82 Å². The summed E-state index contributed by atoms with van der Waals surface area (Å²) in [4.78, 5) is 6.94. The Bertz CT molecular complexity index is 1130. The maximum absolute atomic E-state index is 4.57. The van der Waals surface area contributed by atoms with E-state index in [9.17, 15) is 0 Å². The average Bonchev–Trinajstić information content (AvgIpc) is 3.47. The van der Waals surface area contributed by atoms with Gasteiger partial charge in [0.15, 0.2) is 0 Å². The molecule has 0 bridgehead atoms. The van der Waals surface area contributed by atoms with Crippen LogP contribution in [0.2, 0.25) is 0 Å². The molecule has 3 heteroatoms. The third-order valence-corrected chi connectivity index (χ3v) is 6.92. The van der Waals surface area contributed by atoms with E-state index < -0.39 is 0 Å². The van der Waals surface area contributed by atoms with Crippen molar-refractivity contribution in [2.24, 2.45) is 0 Å². The highest BCUT2D eigenvalue weighted by Crippen LogP contribution is 2.20. The van der Waals surface area contributed by atoms with Crippen LogP contribution in [-0.4, -0.2) is 22.6 Å². The number of anilines is 1. The number of imidazole rings is 1. The van der Waals surface area contributed by atoms with Crippen molar-refractivity contribution in [2.75, 3.05) is 18.0 Å². The minimum absolute atomic E-state index is 1.05. The monoisotopic (exact) mass is 555 g/mol. The molecule has 224 valence electrons. The molecule has 0 aliphatic carbocycles. The van der Waals surface area contributed by atoms with Crippen molar-refractivity contribution in [3.8, 4) is 11.4 Å². The molecule has 1 heterocycles. The predicted molar refractivity (Wildman–Crippen MR) is 183 cm³/mol. The van der Waals surface area contributed by atoms with Gasteiger partial charge in [-0.15, -0.1) is 0 Å². The topological polar surface area (TPSA) is 21.1 Å². The maximum Gasteiger partial charge on any atom is 0.140 e. The summed E-state index contributed by atoms with van der Waals surface area (Å²) in [5.74, 6) is 1.11. The van der Waals surface area contributed by atoms with Gasteiger partial charge in [0.25, 0.3) is 0 Å². The maximum atomic E-state index is 4.57. The van der Waals surface area contributed by atoms with E-state index in [1.165, 1.54) is 53.8 Å². The molecule has 0 radical (unpaired) electrons. The third kappa shape index (κ3) is 12.8. The third-order valence-electron chi connectivity index (χ3n) is 6.92. The van der Waals surface area contributed by atoms with Crippen LogP contribution in [-0.2, 0) is 25.8 Å². The molecular formula is C38H57N3. The molecule has 0 saturated carbocycles. The zero-order valence-corrected chi connectivity index (χ0v) is 27.4. The smallest absolute Gasteiger partial charge is 0.140 e. The fourth-order valence-corrected chi connectivity index (χ4v) is 4.54. The minimum atomic E-state index is 1.05. The van der Waals surface area contributed by atoms with Crippen LogP contribution in [0.3, 0.4) is 0 Å². The highest BCUT2D eigenvalue weighted by Gasteiger charge is 2.09. The number of unbranched alkanes of at least 4 members (excludes halogenated alkanes) is 1. The van der Waals surface area contributed by atoms with E-state index in [1.807, 2.05) is 32.2 Å². The van der Waals surface area contributed by atoms with E-state index in [0.29, 0.717) is 0 Å². The molecule has 3 aromatic carbocycles. The summed E-state index contributed by atoms with van der Waals surface area (Å²) < 4.78 is 2.36. The molecule has 0 saturated heterocycles. The molecule has 3 nitrogen and oxygen atoms in total. The van der Waals surface area contributed by atoms with Crippen molar-refractivity contribution in [2.45, 2.75) is 100 Å². The largest absolute Gasteiger partial charge is 0.372 e. The lowest BCUT2D eigenvalue weighted by Crippen LogP contribution is -2.21. The number of benzene rings is 3. The summed E-state index contributed by atoms with van der Waals surface area (Å²) in [6.45, 7) is 20.4. The number of hydrogen-bond acceptors (Lipinski definition) is 2. The fourth-order valence-electron chi connectivity index (χ4n) is 4.54. The first kappa shape index (κ1) is 35.7. The first-order valence-corrected chi connectivity index (χ1v) is 16.1. The van der Waals surface area contributed by atoms with Crippen LogP contribution >= 0.6 is 0 Å². The summed E-state index contributed by atoms with van der Waals surface area (Å²) in [7, 11) is 0. The molecule has 0 unspecified atom stereocenters. The van der Waals surface area contributed by atoms with E-state index in [-0.39, 0.29) is 0 Å². The van der Waals surface area contributed by atoms with E-state index >= 15 is 0 Å². The Morgan fingerprint density at radius 1 is 0.634 bits per heavy atom. The lowest BCUT2D eigenvalue weighted by atomic mass is 10.1.